The van der Waals surface area contributed by atoms with Gasteiger partial charge in [-0.05, 0) is 18.6 Å². The van der Waals surface area contributed by atoms with E-state index in [1.165, 1.54) is 28.4 Å². The van der Waals surface area contributed by atoms with E-state index in [2.05, 4.69) is 4.98 Å². The number of nitriles is 1. The van der Waals surface area contributed by atoms with Crippen LogP contribution in [0.5, 0.6) is 0 Å². The van der Waals surface area contributed by atoms with Crippen LogP contribution in [0.4, 0.5) is 4.39 Å². The fraction of sp³-hybridized carbons (Fsp3) is 0.333. The molecule has 1 saturated heterocycles. The Kier molecular flexibility index (Phi) is 3.62. The van der Waals surface area contributed by atoms with Crippen molar-refractivity contribution in [1.29, 1.82) is 5.26 Å². The normalized spacial score (nSPS) is 19.4. The lowest BCUT2D eigenvalue weighted by Crippen LogP contribution is -2.30. The number of fused-ring (bicyclic) bond motifs is 1. The summed E-state index contributed by atoms with van der Waals surface area (Å²) in [6.45, 7) is 0.512. The Morgan fingerprint density at radius 1 is 1.59 bits per heavy atom. The first kappa shape index (κ1) is 14.6. The summed E-state index contributed by atoms with van der Waals surface area (Å²) >= 11 is 1.18. The molecule has 7 heteroatoms. The minimum atomic E-state index is -1.08. The Morgan fingerprint density at radius 3 is 3.00 bits per heavy atom. The molecule has 0 radical (unpaired) electrons. The van der Waals surface area contributed by atoms with Gasteiger partial charge in [0.05, 0.1) is 16.3 Å². The van der Waals surface area contributed by atoms with E-state index in [1.807, 2.05) is 6.07 Å². The number of benzene rings is 1. The predicted molar refractivity (Wildman–Crippen MR) is 78.7 cm³/mol. The molecule has 1 amide bonds. The molecule has 2 heterocycles. The Morgan fingerprint density at radius 2 is 2.36 bits per heavy atom. The maximum atomic E-state index is 13.2. The first-order valence-corrected chi connectivity index (χ1v) is 7.57. The zero-order valence-corrected chi connectivity index (χ0v) is 12.6. The van der Waals surface area contributed by atoms with Gasteiger partial charge >= 0.3 is 0 Å². The number of hydrogen-bond donors (Lipinski definition) is 0. The first-order valence-electron chi connectivity index (χ1n) is 6.75. The van der Waals surface area contributed by atoms with E-state index in [0.29, 0.717) is 28.2 Å². The van der Waals surface area contributed by atoms with Gasteiger partial charge < -0.3 is 4.90 Å². The van der Waals surface area contributed by atoms with Gasteiger partial charge in [0.2, 0.25) is 5.91 Å². The maximum absolute atomic E-state index is 13.2. The van der Waals surface area contributed by atoms with Crippen molar-refractivity contribution in [2.45, 2.75) is 12.3 Å². The fourth-order valence-electron chi connectivity index (χ4n) is 2.57. The highest BCUT2D eigenvalue weighted by Gasteiger charge is 2.40. The van der Waals surface area contributed by atoms with Gasteiger partial charge in [0.15, 0.2) is 11.7 Å². The van der Waals surface area contributed by atoms with E-state index >= 15 is 0 Å². The molecule has 0 bridgehead atoms. The van der Waals surface area contributed by atoms with Crippen LogP contribution in [0.25, 0.3) is 10.2 Å². The number of nitrogens with zero attached hydrogens (tertiary/aromatic N) is 3. The molecule has 0 aliphatic carbocycles. The second-order valence-electron chi connectivity index (χ2n) is 5.23. The number of amides is 1. The van der Waals surface area contributed by atoms with Gasteiger partial charge in [-0.15, -0.1) is 11.3 Å². The van der Waals surface area contributed by atoms with Crippen LogP contribution in [0.15, 0.2) is 18.2 Å². The lowest BCUT2D eigenvalue weighted by molar-refractivity contribution is -0.136. The van der Waals surface area contributed by atoms with E-state index in [-0.39, 0.29) is 5.91 Å². The number of ketones is 1. The quantitative estimate of drug-likeness (QED) is 0.813. The zero-order valence-electron chi connectivity index (χ0n) is 11.7. The van der Waals surface area contributed by atoms with Crippen molar-refractivity contribution in [1.82, 2.24) is 9.88 Å². The molecular weight excluding hydrogens is 305 g/mol. The number of carbonyl (C=O) groups is 2. The number of rotatable bonds is 3. The number of thiazole rings is 1. The van der Waals surface area contributed by atoms with Crippen molar-refractivity contribution in [3.05, 3.63) is 29.0 Å². The maximum Gasteiger partial charge on any atom is 0.233 e. The highest BCUT2D eigenvalue weighted by atomic mass is 32.1. The topological polar surface area (TPSA) is 74.1 Å². The number of hydrogen-bond acceptors (Lipinski definition) is 5. The van der Waals surface area contributed by atoms with Crippen LogP contribution in [0.1, 0.15) is 17.3 Å². The molecule has 0 saturated carbocycles. The smallest absolute Gasteiger partial charge is 0.233 e. The number of halogens is 1. The molecule has 1 aliphatic heterocycles. The van der Waals surface area contributed by atoms with Gasteiger partial charge in [0, 0.05) is 19.7 Å². The molecule has 3 rings (SSSR count). The third-order valence-corrected chi connectivity index (χ3v) is 4.90. The van der Waals surface area contributed by atoms with E-state index in [9.17, 15) is 19.2 Å². The Hall–Kier alpha value is -2.33. The van der Waals surface area contributed by atoms with Crippen molar-refractivity contribution in [2.75, 3.05) is 13.6 Å². The fourth-order valence-corrected chi connectivity index (χ4v) is 3.57. The van der Waals surface area contributed by atoms with Crippen LogP contribution in [0.2, 0.25) is 0 Å². The highest BCUT2D eigenvalue weighted by molar-refractivity contribution is 7.18. The van der Waals surface area contributed by atoms with Crippen LogP contribution in [-0.4, -0.2) is 35.2 Å². The Balaban J connectivity index is 1.94. The minimum Gasteiger partial charge on any atom is -0.345 e. The Bertz CT molecular complexity index is 811. The minimum absolute atomic E-state index is 0.252. The van der Waals surface area contributed by atoms with Crippen molar-refractivity contribution in [3.63, 3.8) is 0 Å². The summed E-state index contributed by atoms with van der Waals surface area (Å²) in [6.07, 6.45) is 0.422. The molecular formula is C15H12FN3O2S. The van der Waals surface area contributed by atoms with Gasteiger partial charge in [-0.2, -0.15) is 5.26 Å². The second kappa shape index (κ2) is 5.46. The van der Waals surface area contributed by atoms with E-state index < -0.39 is 23.4 Å². The van der Waals surface area contributed by atoms with Gasteiger partial charge in [0.1, 0.15) is 16.7 Å². The molecule has 1 aliphatic rings. The lowest BCUT2D eigenvalue weighted by Gasteiger charge is -2.11. The average molecular weight is 317 g/mol. The van der Waals surface area contributed by atoms with Crippen molar-refractivity contribution in [2.24, 2.45) is 5.92 Å². The largest absolute Gasteiger partial charge is 0.345 e. The molecule has 22 heavy (non-hydrogen) atoms. The molecule has 112 valence electrons. The summed E-state index contributed by atoms with van der Waals surface area (Å²) < 4.78 is 13.9. The monoisotopic (exact) mass is 317 g/mol. The van der Waals surface area contributed by atoms with Gasteiger partial charge in [0.25, 0.3) is 0 Å². The molecule has 1 aromatic heterocycles. The molecule has 0 spiro atoms. The van der Waals surface area contributed by atoms with Crippen LogP contribution < -0.4 is 0 Å². The SMILES string of the molecule is CN1CC[C@@H](C(=O)[C@@H](C#N)c2nc3cc(F)ccc3s2)C1=O. The highest BCUT2D eigenvalue weighted by Crippen LogP contribution is 2.32. The van der Waals surface area contributed by atoms with Crippen molar-refractivity contribution in [3.8, 4) is 6.07 Å². The van der Waals surface area contributed by atoms with E-state index in [4.69, 9.17) is 0 Å². The molecule has 5 nitrogen and oxygen atoms in total. The van der Waals surface area contributed by atoms with Crippen LogP contribution >= 0.6 is 11.3 Å². The molecule has 0 N–H and O–H groups in total. The van der Waals surface area contributed by atoms with Crippen LogP contribution in [0.3, 0.4) is 0 Å². The third-order valence-electron chi connectivity index (χ3n) is 3.80. The van der Waals surface area contributed by atoms with Crippen molar-refractivity contribution < 1.29 is 14.0 Å². The van der Waals surface area contributed by atoms with Gasteiger partial charge in [-0.25, -0.2) is 9.37 Å². The van der Waals surface area contributed by atoms with Gasteiger partial charge in [-0.3, -0.25) is 9.59 Å². The standard InChI is InChI=1S/C15H12FN3O2S/c1-19-5-4-9(15(19)21)13(20)10(7-17)14-18-11-6-8(16)2-3-12(11)22-14/h2-3,6,9-10H,4-5H2,1H3/t9-,10+/m0/s1. The average Bonchev–Trinajstić information content (AvgIpc) is 3.04. The lowest BCUT2D eigenvalue weighted by atomic mass is 9.93. The summed E-state index contributed by atoms with van der Waals surface area (Å²) in [5.74, 6) is -2.95. The predicted octanol–water partition coefficient (Wildman–Crippen LogP) is 2.09. The number of aromatic nitrogens is 1. The molecule has 1 fully saturated rings. The first-order chi connectivity index (χ1) is 10.5. The molecule has 1 aromatic carbocycles. The van der Waals surface area contributed by atoms with Crippen LogP contribution in [-0.2, 0) is 9.59 Å². The summed E-state index contributed by atoms with van der Waals surface area (Å²) in [5, 5.41) is 9.65. The number of likely N-dealkylation sites (tertiary alicyclic amines) is 1. The van der Waals surface area contributed by atoms with Crippen LogP contribution in [0, 0.1) is 23.1 Å². The zero-order chi connectivity index (χ0) is 15.9. The van der Waals surface area contributed by atoms with Crippen molar-refractivity contribution >= 4 is 33.2 Å². The third kappa shape index (κ3) is 2.35. The second-order valence-corrected chi connectivity index (χ2v) is 6.29. The Labute approximate surface area is 130 Å². The summed E-state index contributed by atoms with van der Waals surface area (Å²) in [6, 6.07) is 6.08. The summed E-state index contributed by atoms with van der Waals surface area (Å²) in [5.41, 5.74) is 0.419. The van der Waals surface area contributed by atoms with E-state index in [1.54, 1.807) is 13.1 Å². The number of Topliss-reactive ketones (excluding diaryl/α,β-unsaturated/α-hetero) is 1. The van der Waals surface area contributed by atoms with E-state index in [0.717, 1.165) is 0 Å². The summed E-state index contributed by atoms with van der Waals surface area (Å²) in [7, 11) is 1.64. The number of carbonyl (C=O) groups excluding carboxylic acids is 2. The molecule has 2 aromatic rings. The molecule has 0 unspecified atom stereocenters. The summed E-state index contributed by atoms with van der Waals surface area (Å²) in [4.78, 5) is 30.1. The van der Waals surface area contributed by atoms with Gasteiger partial charge in [-0.1, -0.05) is 0 Å². The molecule has 2 atom stereocenters.